The SMILES string of the molecule is Cc1nn(C)c(Cl)c1/C=C/C(=O)N1CCCCC1. The Kier molecular flexibility index (Phi) is 4.07. The average Bonchev–Trinajstić information content (AvgIpc) is 2.62. The van der Waals surface area contributed by atoms with Crippen LogP contribution in [0.25, 0.3) is 6.08 Å². The molecule has 4 nitrogen and oxygen atoms in total. The summed E-state index contributed by atoms with van der Waals surface area (Å²) < 4.78 is 1.61. The maximum atomic E-state index is 12.0. The van der Waals surface area contributed by atoms with Gasteiger partial charge in [-0.1, -0.05) is 11.6 Å². The van der Waals surface area contributed by atoms with E-state index in [-0.39, 0.29) is 5.91 Å². The van der Waals surface area contributed by atoms with E-state index in [0.29, 0.717) is 5.15 Å². The lowest BCUT2D eigenvalue weighted by Gasteiger charge is -2.25. The lowest BCUT2D eigenvalue weighted by molar-refractivity contribution is -0.126. The van der Waals surface area contributed by atoms with Gasteiger partial charge in [0.1, 0.15) is 5.15 Å². The molecule has 5 heteroatoms. The van der Waals surface area contributed by atoms with Crippen LogP contribution in [0.2, 0.25) is 5.15 Å². The van der Waals surface area contributed by atoms with Gasteiger partial charge in [0.15, 0.2) is 0 Å². The van der Waals surface area contributed by atoms with Gasteiger partial charge in [-0.3, -0.25) is 9.48 Å². The van der Waals surface area contributed by atoms with Crippen LogP contribution in [0.5, 0.6) is 0 Å². The summed E-state index contributed by atoms with van der Waals surface area (Å²) in [5, 5.41) is 4.77. The van der Waals surface area contributed by atoms with Crippen molar-refractivity contribution in [1.82, 2.24) is 14.7 Å². The molecule has 0 aliphatic carbocycles. The van der Waals surface area contributed by atoms with E-state index in [1.807, 2.05) is 11.8 Å². The smallest absolute Gasteiger partial charge is 0.246 e. The number of rotatable bonds is 2. The zero-order valence-electron chi connectivity index (χ0n) is 10.8. The highest BCUT2D eigenvalue weighted by Gasteiger charge is 2.14. The number of carbonyl (C=O) groups excluding carboxylic acids is 1. The van der Waals surface area contributed by atoms with Gasteiger partial charge in [-0.25, -0.2) is 0 Å². The maximum absolute atomic E-state index is 12.0. The Balaban J connectivity index is 2.08. The van der Waals surface area contributed by atoms with Crippen LogP contribution in [0.3, 0.4) is 0 Å². The number of likely N-dealkylation sites (tertiary alicyclic amines) is 1. The van der Waals surface area contributed by atoms with Crippen LogP contribution in [0.4, 0.5) is 0 Å². The number of halogens is 1. The van der Waals surface area contributed by atoms with Gasteiger partial charge in [0, 0.05) is 31.8 Å². The molecule has 0 bridgehead atoms. The second-order valence-corrected chi connectivity index (χ2v) is 4.99. The summed E-state index contributed by atoms with van der Waals surface area (Å²) in [6, 6.07) is 0. The van der Waals surface area contributed by atoms with Crippen LogP contribution >= 0.6 is 11.6 Å². The first-order valence-corrected chi connectivity index (χ1v) is 6.63. The Morgan fingerprint density at radius 2 is 2.00 bits per heavy atom. The third-order valence-electron chi connectivity index (χ3n) is 3.26. The topological polar surface area (TPSA) is 38.1 Å². The normalized spacial score (nSPS) is 16.5. The molecule has 0 radical (unpaired) electrons. The lowest BCUT2D eigenvalue weighted by atomic mass is 10.1. The minimum atomic E-state index is 0.0639. The number of hydrogen-bond donors (Lipinski definition) is 0. The van der Waals surface area contributed by atoms with Crippen LogP contribution in [-0.4, -0.2) is 33.7 Å². The predicted molar refractivity (Wildman–Crippen MR) is 72.4 cm³/mol. The van der Waals surface area contributed by atoms with Crippen LogP contribution in [0, 0.1) is 6.92 Å². The molecular formula is C13H18ClN3O. The van der Waals surface area contributed by atoms with E-state index in [1.54, 1.807) is 23.9 Å². The molecule has 0 saturated carbocycles. The summed E-state index contributed by atoms with van der Waals surface area (Å²) in [7, 11) is 1.79. The van der Waals surface area contributed by atoms with Crippen LogP contribution in [-0.2, 0) is 11.8 Å². The zero-order valence-corrected chi connectivity index (χ0v) is 11.6. The van der Waals surface area contributed by atoms with Gasteiger partial charge in [-0.2, -0.15) is 5.10 Å². The molecule has 0 spiro atoms. The number of piperidine rings is 1. The van der Waals surface area contributed by atoms with Crippen molar-refractivity contribution in [3.63, 3.8) is 0 Å². The molecule has 18 heavy (non-hydrogen) atoms. The van der Waals surface area contributed by atoms with E-state index in [1.165, 1.54) is 6.42 Å². The van der Waals surface area contributed by atoms with Crippen molar-refractivity contribution in [3.05, 3.63) is 22.5 Å². The highest BCUT2D eigenvalue weighted by molar-refractivity contribution is 6.31. The Labute approximate surface area is 112 Å². The number of hydrogen-bond acceptors (Lipinski definition) is 2. The third kappa shape index (κ3) is 2.75. The Bertz CT molecular complexity index is 473. The fraction of sp³-hybridized carbons (Fsp3) is 0.538. The first-order valence-electron chi connectivity index (χ1n) is 6.25. The molecule has 0 atom stereocenters. The Hall–Kier alpha value is -1.29. The van der Waals surface area contributed by atoms with E-state index in [4.69, 9.17) is 11.6 Å². The molecule has 0 unspecified atom stereocenters. The monoisotopic (exact) mass is 267 g/mol. The minimum absolute atomic E-state index is 0.0639. The van der Waals surface area contributed by atoms with Crippen molar-refractivity contribution in [2.75, 3.05) is 13.1 Å². The molecular weight excluding hydrogens is 250 g/mol. The standard InChI is InChI=1S/C13H18ClN3O/c1-10-11(13(14)16(2)15-10)6-7-12(18)17-8-4-3-5-9-17/h6-7H,3-5,8-9H2,1-2H3/b7-6+. The predicted octanol–water partition coefficient (Wildman–Crippen LogP) is 2.41. The number of amides is 1. The minimum Gasteiger partial charge on any atom is -0.339 e. The van der Waals surface area contributed by atoms with Crippen molar-refractivity contribution >= 4 is 23.6 Å². The molecule has 1 saturated heterocycles. The molecule has 0 aromatic carbocycles. The molecule has 98 valence electrons. The summed E-state index contributed by atoms with van der Waals surface area (Å²) in [6.07, 6.45) is 6.79. The third-order valence-corrected chi connectivity index (χ3v) is 3.70. The summed E-state index contributed by atoms with van der Waals surface area (Å²) >= 11 is 6.11. The van der Waals surface area contributed by atoms with E-state index >= 15 is 0 Å². The van der Waals surface area contributed by atoms with Crippen molar-refractivity contribution in [2.45, 2.75) is 26.2 Å². The molecule has 2 rings (SSSR count). The summed E-state index contributed by atoms with van der Waals surface area (Å²) in [6.45, 7) is 3.61. The van der Waals surface area contributed by atoms with Crippen LogP contribution in [0.1, 0.15) is 30.5 Å². The molecule has 1 aliphatic heterocycles. The van der Waals surface area contributed by atoms with E-state index in [9.17, 15) is 4.79 Å². The van der Waals surface area contributed by atoms with Gasteiger partial charge < -0.3 is 4.90 Å². The lowest BCUT2D eigenvalue weighted by Crippen LogP contribution is -2.34. The van der Waals surface area contributed by atoms with Gasteiger partial charge in [0.05, 0.1) is 5.69 Å². The van der Waals surface area contributed by atoms with Crippen molar-refractivity contribution in [1.29, 1.82) is 0 Å². The van der Waals surface area contributed by atoms with Gasteiger partial charge in [-0.15, -0.1) is 0 Å². The zero-order chi connectivity index (χ0) is 13.1. The van der Waals surface area contributed by atoms with E-state index in [2.05, 4.69) is 5.10 Å². The molecule has 1 fully saturated rings. The highest BCUT2D eigenvalue weighted by atomic mass is 35.5. The van der Waals surface area contributed by atoms with Crippen molar-refractivity contribution in [3.8, 4) is 0 Å². The number of carbonyl (C=O) groups is 1. The fourth-order valence-corrected chi connectivity index (χ4v) is 2.45. The molecule has 1 aromatic rings. The van der Waals surface area contributed by atoms with Gasteiger partial charge in [0.2, 0.25) is 5.91 Å². The Morgan fingerprint density at radius 3 is 2.56 bits per heavy atom. The van der Waals surface area contributed by atoms with Gasteiger partial charge in [0.25, 0.3) is 0 Å². The van der Waals surface area contributed by atoms with E-state index in [0.717, 1.165) is 37.2 Å². The number of nitrogens with zero attached hydrogens (tertiary/aromatic N) is 3. The molecule has 0 N–H and O–H groups in total. The first-order chi connectivity index (χ1) is 8.59. The second kappa shape index (κ2) is 5.57. The highest BCUT2D eigenvalue weighted by Crippen LogP contribution is 2.20. The second-order valence-electron chi connectivity index (χ2n) is 4.63. The quantitative estimate of drug-likeness (QED) is 0.772. The van der Waals surface area contributed by atoms with Crippen molar-refractivity contribution in [2.24, 2.45) is 7.05 Å². The largest absolute Gasteiger partial charge is 0.339 e. The number of aryl methyl sites for hydroxylation is 2. The fourth-order valence-electron chi connectivity index (χ4n) is 2.21. The van der Waals surface area contributed by atoms with Gasteiger partial charge >= 0.3 is 0 Å². The average molecular weight is 268 g/mol. The van der Waals surface area contributed by atoms with E-state index < -0.39 is 0 Å². The molecule has 1 aromatic heterocycles. The Morgan fingerprint density at radius 1 is 1.33 bits per heavy atom. The molecule has 1 amide bonds. The summed E-state index contributed by atoms with van der Waals surface area (Å²) in [4.78, 5) is 13.9. The number of aromatic nitrogens is 2. The molecule has 1 aliphatic rings. The molecule has 2 heterocycles. The summed E-state index contributed by atoms with van der Waals surface area (Å²) in [5.41, 5.74) is 1.66. The maximum Gasteiger partial charge on any atom is 0.246 e. The van der Waals surface area contributed by atoms with Gasteiger partial charge in [-0.05, 0) is 32.3 Å². The van der Waals surface area contributed by atoms with Crippen molar-refractivity contribution < 1.29 is 4.79 Å². The first kappa shape index (κ1) is 13.1. The summed E-state index contributed by atoms with van der Waals surface area (Å²) in [5.74, 6) is 0.0639. The van der Waals surface area contributed by atoms with Crippen LogP contribution < -0.4 is 0 Å². The van der Waals surface area contributed by atoms with Crippen LogP contribution in [0.15, 0.2) is 6.08 Å².